The lowest BCUT2D eigenvalue weighted by atomic mass is 10.3. The van der Waals surface area contributed by atoms with E-state index >= 15 is 0 Å². The molecule has 106 valence electrons. The molecule has 0 saturated carbocycles. The number of morpholine rings is 1. The molecule has 0 aromatic carbocycles. The van der Waals surface area contributed by atoms with Crippen LogP contribution in [0.1, 0.15) is 5.56 Å². The lowest BCUT2D eigenvalue weighted by molar-refractivity contribution is -0.137. The third-order valence-corrected chi connectivity index (χ3v) is 4.45. The van der Waals surface area contributed by atoms with Crippen molar-refractivity contribution in [2.45, 2.75) is 11.2 Å². The Labute approximate surface area is 108 Å². The Bertz CT molecular complexity index is 536. The zero-order valence-electron chi connectivity index (χ0n) is 9.72. The Morgan fingerprint density at radius 3 is 2.32 bits per heavy atom. The summed E-state index contributed by atoms with van der Waals surface area (Å²) < 4.78 is 67.4. The largest absolute Gasteiger partial charge is 0.417 e. The fourth-order valence-electron chi connectivity index (χ4n) is 1.62. The van der Waals surface area contributed by atoms with Gasteiger partial charge in [-0.3, -0.25) is 0 Å². The summed E-state index contributed by atoms with van der Waals surface area (Å²) >= 11 is 0. The average Bonchev–Trinajstić information content (AvgIpc) is 2.39. The van der Waals surface area contributed by atoms with E-state index in [1.54, 1.807) is 0 Å². The summed E-state index contributed by atoms with van der Waals surface area (Å²) in [5.74, 6) is 0. The molecule has 9 heteroatoms. The van der Waals surface area contributed by atoms with Gasteiger partial charge in [-0.25, -0.2) is 13.4 Å². The normalized spacial score (nSPS) is 18.5. The van der Waals surface area contributed by atoms with Crippen LogP contribution in [0.25, 0.3) is 0 Å². The number of halogens is 3. The minimum atomic E-state index is -4.53. The molecule has 1 aliphatic rings. The number of hydrogen-bond acceptors (Lipinski definition) is 4. The molecule has 0 amide bonds. The van der Waals surface area contributed by atoms with E-state index in [1.165, 1.54) is 0 Å². The van der Waals surface area contributed by atoms with Gasteiger partial charge in [0.2, 0.25) is 0 Å². The van der Waals surface area contributed by atoms with E-state index in [4.69, 9.17) is 4.74 Å². The average molecular weight is 296 g/mol. The number of sulfonamides is 1. The first-order valence-electron chi connectivity index (χ1n) is 5.43. The lowest BCUT2D eigenvalue weighted by Crippen LogP contribution is -2.40. The maximum atomic E-state index is 12.4. The molecule has 0 unspecified atom stereocenters. The van der Waals surface area contributed by atoms with Crippen molar-refractivity contribution < 1.29 is 26.3 Å². The summed E-state index contributed by atoms with van der Waals surface area (Å²) in [6.45, 7) is 0.871. The number of nitrogens with zero attached hydrogens (tertiary/aromatic N) is 2. The molecule has 0 spiro atoms. The SMILES string of the molecule is O=S(=O)(c1ccc(C(F)(F)F)cn1)N1CCOCC1. The molecule has 0 N–H and O–H groups in total. The van der Waals surface area contributed by atoms with E-state index in [-0.39, 0.29) is 31.3 Å². The van der Waals surface area contributed by atoms with E-state index in [0.717, 1.165) is 10.4 Å². The molecular formula is C10H11F3N2O3S. The van der Waals surface area contributed by atoms with E-state index in [0.29, 0.717) is 12.3 Å². The Hall–Kier alpha value is -1.19. The lowest BCUT2D eigenvalue weighted by Gasteiger charge is -2.25. The Morgan fingerprint density at radius 1 is 1.21 bits per heavy atom. The molecule has 2 heterocycles. The van der Waals surface area contributed by atoms with E-state index in [2.05, 4.69) is 4.98 Å². The predicted molar refractivity (Wildman–Crippen MR) is 58.8 cm³/mol. The minimum absolute atomic E-state index is 0.172. The van der Waals surface area contributed by atoms with Crippen LogP contribution in [0.2, 0.25) is 0 Å². The molecular weight excluding hydrogens is 285 g/mol. The summed E-state index contributed by atoms with van der Waals surface area (Å²) in [6.07, 6.45) is -4.01. The monoisotopic (exact) mass is 296 g/mol. The van der Waals surface area contributed by atoms with Crippen LogP contribution in [0.3, 0.4) is 0 Å². The van der Waals surface area contributed by atoms with Crippen LogP contribution in [0, 0.1) is 0 Å². The topological polar surface area (TPSA) is 59.5 Å². The van der Waals surface area contributed by atoms with Crippen molar-refractivity contribution in [1.82, 2.24) is 9.29 Å². The molecule has 1 aliphatic heterocycles. The summed E-state index contributed by atoms with van der Waals surface area (Å²) in [7, 11) is -3.85. The van der Waals surface area contributed by atoms with Gasteiger partial charge in [-0.2, -0.15) is 17.5 Å². The Balaban J connectivity index is 2.26. The summed E-state index contributed by atoms with van der Waals surface area (Å²) in [5.41, 5.74) is -0.978. The number of hydrogen-bond donors (Lipinski definition) is 0. The zero-order valence-corrected chi connectivity index (χ0v) is 10.5. The Morgan fingerprint density at radius 2 is 1.84 bits per heavy atom. The highest BCUT2D eigenvalue weighted by atomic mass is 32.2. The van der Waals surface area contributed by atoms with Crippen LogP contribution in [-0.4, -0.2) is 44.0 Å². The molecule has 0 radical (unpaired) electrons. The summed E-state index contributed by atoms with van der Waals surface area (Å²) in [6, 6.07) is 1.58. The van der Waals surface area contributed by atoms with Crippen LogP contribution in [0.15, 0.2) is 23.4 Å². The molecule has 1 aromatic rings. The first-order valence-corrected chi connectivity index (χ1v) is 6.87. The van der Waals surface area contributed by atoms with E-state index in [9.17, 15) is 21.6 Å². The fourth-order valence-corrected chi connectivity index (χ4v) is 2.94. The number of pyridine rings is 1. The summed E-state index contributed by atoms with van der Waals surface area (Å²) in [5, 5.41) is -0.387. The van der Waals surface area contributed by atoms with Crippen molar-refractivity contribution in [3.8, 4) is 0 Å². The van der Waals surface area contributed by atoms with Crippen LogP contribution in [0.4, 0.5) is 13.2 Å². The Kier molecular flexibility index (Phi) is 3.79. The minimum Gasteiger partial charge on any atom is -0.379 e. The third-order valence-electron chi connectivity index (χ3n) is 2.64. The highest BCUT2D eigenvalue weighted by Crippen LogP contribution is 2.29. The first-order chi connectivity index (χ1) is 8.82. The standard InChI is InChI=1S/C10H11F3N2O3S/c11-10(12,13)8-1-2-9(14-7-8)19(16,17)15-3-5-18-6-4-15/h1-2,7H,3-6H2. The maximum absolute atomic E-state index is 12.4. The van der Waals surface area contributed by atoms with Crippen LogP contribution in [-0.2, 0) is 20.9 Å². The molecule has 0 bridgehead atoms. The highest BCUT2D eigenvalue weighted by Gasteiger charge is 2.32. The van der Waals surface area contributed by atoms with Crippen molar-refractivity contribution in [3.63, 3.8) is 0 Å². The number of rotatable bonds is 2. The molecule has 1 fully saturated rings. The number of alkyl halides is 3. The summed E-state index contributed by atoms with van der Waals surface area (Å²) in [4.78, 5) is 3.40. The van der Waals surface area contributed by atoms with Crippen molar-refractivity contribution in [1.29, 1.82) is 0 Å². The fraction of sp³-hybridized carbons (Fsp3) is 0.500. The zero-order chi connectivity index (χ0) is 14.1. The predicted octanol–water partition coefficient (Wildman–Crippen LogP) is 1.12. The second-order valence-electron chi connectivity index (χ2n) is 3.90. The highest BCUT2D eigenvalue weighted by molar-refractivity contribution is 7.89. The quantitative estimate of drug-likeness (QED) is 0.820. The molecule has 2 rings (SSSR count). The molecule has 19 heavy (non-hydrogen) atoms. The first kappa shape index (κ1) is 14.2. The van der Waals surface area contributed by atoms with Gasteiger partial charge in [0.1, 0.15) is 0 Å². The molecule has 1 aromatic heterocycles. The van der Waals surface area contributed by atoms with Crippen LogP contribution < -0.4 is 0 Å². The number of aromatic nitrogens is 1. The molecule has 0 atom stereocenters. The van der Waals surface area contributed by atoms with Crippen LogP contribution >= 0.6 is 0 Å². The smallest absolute Gasteiger partial charge is 0.379 e. The maximum Gasteiger partial charge on any atom is 0.417 e. The second-order valence-corrected chi connectivity index (χ2v) is 5.78. The van der Waals surface area contributed by atoms with E-state index < -0.39 is 21.8 Å². The van der Waals surface area contributed by atoms with Gasteiger partial charge in [-0.05, 0) is 12.1 Å². The molecule has 5 nitrogen and oxygen atoms in total. The van der Waals surface area contributed by atoms with Gasteiger partial charge in [0.15, 0.2) is 5.03 Å². The van der Waals surface area contributed by atoms with Gasteiger partial charge in [-0.1, -0.05) is 0 Å². The third kappa shape index (κ3) is 3.04. The van der Waals surface area contributed by atoms with Gasteiger partial charge >= 0.3 is 6.18 Å². The van der Waals surface area contributed by atoms with Crippen molar-refractivity contribution >= 4 is 10.0 Å². The van der Waals surface area contributed by atoms with Gasteiger partial charge in [0.05, 0.1) is 18.8 Å². The van der Waals surface area contributed by atoms with Gasteiger partial charge in [0, 0.05) is 19.3 Å². The van der Waals surface area contributed by atoms with Crippen molar-refractivity contribution in [2.75, 3.05) is 26.3 Å². The van der Waals surface area contributed by atoms with Gasteiger partial charge in [0.25, 0.3) is 10.0 Å². The van der Waals surface area contributed by atoms with E-state index in [1.807, 2.05) is 0 Å². The van der Waals surface area contributed by atoms with Crippen LogP contribution in [0.5, 0.6) is 0 Å². The molecule has 1 saturated heterocycles. The molecule has 0 aliphatic carbocycles. The number of ether oxygens (including phenoxy) is 1. The van der Waals surface area contributed by atoms with Gasteiger partial charge < -0.3 is 4.74 Å². The second kappa shape index (κ2) is 5.06. The van der Waals surface area contributed by atoms with Crippen molar-refractivity contribution in [2.24, 2.45) is 0 Å². The van der Waals surface area contributed by atoms with Crippen molar-refractivity contribution in [3.05, 3.63) is 23.9 Å². The van der Waals surface area contributed by atoms with Gasteiger partial charge in [-0.15, -0.1) is 0 Å².